The number of nitrogens with one attached hydrogen (secondary N) is 2. The van der Waals surface area contributed by atoms with Gasteiger partial charge in [0.05, 0.1) is 58.3 Å². The third-order valence-electron chi connectivity index (χ3n) is 14.0. The number of hydrogen-bond acceptors (Lipinski definition) is 19. The number of hydrogen-bond donors (Lipinski definition) is 3. The van der Waals surface area contributed by atoms with E-state index >= 15 is 0 Å². The molecule has 0 saturated carbocycles. The van der Waals surface area contributed by atoms with Gasteiger partial charge in [0.2, 0.25) is 20.0 Å². The third-order valence-corrected chi connectivity index (χ3v) is 17.8. The Morgan fingerprint density at radius 3 is 1.56 bits per heavy atom. The number of carbonyl (C=O) groups is 1. The van der Waals surface area contributed by atoms with Gasteiger partial charge in [-0.2, -0.15) is 8.61 Å². The Kier molecular flexibility index (Phi) is 21.0. The van der Waals surface area contributed by atoms with E-state index in [0.29, 0.717) is 128 Å². The smallest absolute Gasteiger partial charge is 0.294 e. The minimum Gasteiger partial charge on any atom is -0.493 e. The van der Waals surface area contributed by atoms with Crippen LogP contribution in [0.25, 0.3) is 33.8 Å². The van der Waals surface area contributed by atoms with Crippen molar-refractivity contribution in [1.82, 2.24) is 47.6 Å². The van der Waals surface area contributed by atoms with Crippen LogP contribution in [0.15, 0.2) is 60.9 Å². The molecule has 2 aliphatic rings. The summed E-state index contributed by atoms with van der Waals surface area (Å²) in [5.41, 5.74) is 4.21. The number of aryl methyl sites for hydroxylation is 4. The van der Waals surface area contributed by atoms with Gasteiger partial charge in [-0.3, -0.25) is 19.3 Å². The number of sulfonamides is 2. The van der Waals surface area contributed by atoms with Crippen LogP contribution in [0.2, 0.25) is 0 Å². The first-order valence-corrected chi connectivity index (χ1v) is 30.0. The van der Waals surface area contributed by atoms with Gasteiger partial charge >= 0.3 is 0 Å². The molecule has 0 amide bonds. The molecule has 0 spiro atoms. The molecule has 0 unspecified atom stereocenters. The molecule has 0 aliphatic carbocycles. The lowest BCUT2D eigenvalue weighted by molar-refractivity contribution is -0.757. The molecule has 0 radical (unpaired) electrons. The van der Waals surface area contributed by atoms with E-state index in [9.17, 15) is 41.3 Å². The van der Waals surface area contributed by atoms with Gasteiger partial charge in [-0.15, -0.1) is 20.3 Å². The number of aldehydes is 1. The van der Waals surface area contributed by atoms with Gasteiger partial charge < -0.3 is 39.1 Å². The monoisotopic (exact) mass is 1160 g/mol. The molecule has 81 heavy (non-hydrogen) atoms. The summed E-state index contributed by atoms with van der Waals surface area (Å²) in [6.07, 6.45) is 5.93. The van der Waals surface area contributed by atoms with Crippen molar-refractivity contribution in [3.63, 3.8) is 0 Å². The fourth-order valence-electron chi connectivity index (χ4n) is 10.1. The second-order valence-corrected chi connectivity index (χ2v) is 23.1. The van der Waals surface area contributed by atoms with Gasteiger partial charge in [-0.1, -0.05) is 38.8 Å². The summed E-state index contributed by atoms with van der Waals surface area (Å²) >= 11 is 0. The fourth-order valence-corrected chi connectivity index (χ4v) is 13.0. The summed E-state index contributed by atoms with van der Waals surface area (Å²) in [5, 5.41) is 31.8. The Morgan fingerprint density at radius 2 is 1.14 bits per heavy atom. The third kappa shape index (κ3) is 13.6. The molecule has 26 nitrogen and oxygen atoms in total. The van der Waals surface area contributed by atoms with E-state index in [1.807, 2.05) is 32.6 Å². The standard InChI is InChI=1S/C28H40N6O6S.C25H32N6O8S/c1-5-8-24-23(19-29-40-17-16-35)20(4)26-28(36)30-27(31-34(24)26)22-18-21(9-10-25(22)39-7-3)41(37,38)33-14-12-32(11-6-2)13-15-33;1-4-6-21-20(16-32)17(3)23-25(33)26-24(27-30(21)23)19-15-18(7-8-22(19)38-5-2)40(36,37)29-11-9-28(10-12-29)13-14-39-31(34)35/h9-10,18-19,35H,5-8,11-17H2,1-4H3,(H,30,31,36);7-8,15-16H,4-6,9-14H2,1-3H3,(H,26,27,33)/b29-19+;. The number of carbonyl (C=O) groups excluding carboxylic acids is 1. The molecule has 2 aromatic carbocycles. The molecule has 2 fully saturated rings. The lowest BCUT2D eigenvalue weighted by Gasteiger charge is -2.33. The molecule has 6 aromatic rings. The molecule has 6 heterocycles. The Hall–Kier alpha value is -7.08. The molecular formula is C53H72N12O14S2. The lowest BCUT2D eigenvalue weighted by atomic mass is 10.1. The highest BCUT2D eigenvalue weighted by Crippen LogP contribution is 2.34. The number of fused-ring (bicyclic) bond motifs is 2. The Labute approximate surface area is 469 Å². The number of benzene rings is 2. The molecule has 28 heteroatoms. The minimum atomic E-state index is -3.92. The summed E-state index contributed by atoms with van der Waals surface area (Å²) in [7, 11) is -7.69. The van der Waals surface area contributed by atoms with Gasteiger partial charge in [-0.25, -0.2) is 25.9 Å². The van der Waals surface area contributed by atoms with Gasteiger partial charge in [0.1, 0.15) is 35.7 Å². The van der Waals surface area contributed by atoms with Crippen molar-refractivity contribution < 1.29 is 51.0 Å². The van der Waals surface area contributed by atoms with Crippen molar-refractivity contribution in [3.8, 4) is 34.3 Å². The number of aromatic amines is 2. The largest absolute Gasteiger partial charge is 0.493 e. The number of H-pyrrole nitrogens is 2. The van der Waals surface area contributed by atoms with Crippen LogP contribution in [-0.2, 0) is 42.6 Å². The molecule has 4 aromatic heterocycles. The van der Waals surface area contributed by atoms with Gasteiger partial charge in [0, 0.05) is 70.0 Å². The second kappa shape index (κ2) is 27.6. The topological polar surface area (TPSA) is 311 Å². The zero-order chi connectivity index (χ0) is 58.6. The minimum absolute atomic E-state index is 0.00452. The molecular weight excluding hydrogens is 1090 g/mol. The molecule has 2 aliphatic heterocycles. The number of rotatable bonds is 25. The number of aliphatic hydroxyl groups excluding tert-OH is 1. The number of aliphatic hydroxyl groups is 1. The lowest BCUT2D eigenvalue weighted by Crippen LogP contribution is -2.49. The van der Waals surface area contributed by atoms with Gasteiger partial charge in [0.15, 0.2) is 17.9 Å². The summed E-state index contributed by atoms with van der Waals surface area (Å²) in [6.45, 7) is 18.3. The van der Waals surface area contributed by atoms with E-state index in [2.05, 4.69) is 36.9 Å². The maximum Gasteiger partial charge on any atom is 0.294 e. The normalized spacial score (nSPS) is 15.1. The highest BCUT2D eigenvalue weighted by atomic mass is 32.2. The number of ether oxygens (including phenoxy) is 2. The quantitative estimate of drug-likeness (QED) is 0.0239. The van der Waals surface area contributed by atoms with E-state index in [4.69, 9.17) is 24.5 Å². The van der Waals surface area contributed by atoms with E-state index in [1.165, 1.54) is 43.6 Å². The number of piperazine rings is 2. The van der Waals surface area contributed by atoms with E-state index < -0.39 is 30.7 Å². The van der Waals surface area contributed by atoms with E-state index in [1.54, 1.807) is 30.5 Å². The van der Waals surface area contributed by atoms with Crippen LogP contribution in [0.3, 0.4) is 0 Å². The Balaban J connectivity index is 0.000000234. The van der Waals surface area contributed by atoms with Crippen molar-refractivity contribution in [1.29, 1.82) is 0 Å². The van der Waals surface area contributed by atoms with Crippen LogP contribution in [-0.4, -0.2) is 186 Å². The molecule has 3 N–H and O–H groups in total. The summed E-state index contributed by atoms with van der Waals surface area (Å²) in [4.78, 5) is 68.1. The van der Waals surface area contributed by atoms with Crippen LogP contribution in [0.4, 0.5) is 0 Å². The highest BCUT2D eigenvalue weighted by Gasteiger charge is 2.32. The van der Waals surface area contributed by atoms with Crippen molar-refractivity contribution in [2.75, 3.05) is 98.5 Å². The number of aromatic nitrogens is 6. The number of nitrogens with zero attached hydrogens (tertiary/aromatic N) is 10. The number of oxime groups is 1. The predicted molar refractivity (Wildman–Crippen MR) is 302 cm³/mol. The maximum atomic E-state index is 13.6. The average Bonchev–Trinajstić information content (AvgIpc) is 4.12. The van der Waals surface area contributed by atoms with Crippen molar-refractivity contribution in [3.05, 3.63) is 101 Å². The summed E-state index contributed by atoms with van der Waals surface area (Å²) < 4.78 is 71.9. The molecule has 440 valence electrons. The van der Waals surface area contributed by atoms with E-state index in [0.717, 1.165) is 37.8 Å². The van der Waals surface area contributed by atoms with Crippen LogP contribution >= 0.6 is 0 Å². The van der Waals surface area contributed by atoms with Crippen molar-refractivity contribution >= 4 is 43.6 Å². The van der Waals surface area contributed by atoms with Gasteiger partial charge in [-0.05, 0) is 101 Å². The zero-order valence-corrected chi connectivity index (χ0v) is 48.4. The zero-order valence-electron chi connectivity index (χ0n) is 46.8. The predicted octanol–water partition coefficient (Wildman–Crippen LogP) is 4.08. The Morgan fingerprint density at radius 1 is 0.679 bits per heavy atom. The maximum absolute atomic E-state index is 13.6. The van der Waals surface area contributed by atoms with E-state index in [-0.39, 0.29) is 65.4 Å². The van der Waals surface area contributed by atoms with Crippen molar-refractivity contribution in [2.24, 2.45) is 5.16 Å². The Bertz CT molecular complexity index is 3580. The molecule has 8 rings (SSSR count). The summed E-state index contributed by atoms with van der Waals surface area (Å²) in [6, 6.07) is 9.11. The van der Waals surface area contributed by atoms with Gasteiger partial charge in [0.25, 0.3) is 16.2 Å². The average molecular weight is 1170 g/mol. The van der Waals surface area contributed by atoms with Crippen LogP contribution in [0.1, 0.15) is 92.3 Å². The van der Waals surface area contributed by atoms with Crippen LogP contribution in [0.5, 0.6) is 11.5 Å². The molecule has 2 saturated heterocycles. The SMILES string of the molecule is CCCc1c(/C=N/OCCO)c(C)c2c(=O)[nH]c(-c3cc(S(=O)(=O)N4CCN(CCC)CC4)ccc3OCC)nn12.CCCc1c(C=O)c(C)c2c(=O)[nH]c(-c3cc(S(=O)(=O)N4CCN(CCO[N+](=O)[O-])CC4)ccc3OCC)nn12. The summed E-state index contributed by atoms with van der Waals surface area (Å²) in [5.74, 6) is 1.07. The first kappa shape index (κ1) is 61.5. The first-order chi connectivity index (χ1) is 38.9. The molecule has 0 bridgehead atoms. The fraction of sp³-hybridized carbons (Fsp3) is 0.509. The second-order valence-electron chi connectivity index (χ2n) is 19.2. The highest BCUT2D eigenvalue weighted by molar-refractivity contribution is 7.89. The molecule has 0 atom stereocenters. The first-order valence-electron chi connectivity index (χ1n) is 27.2. The van der Waals surface area contributed by atoms with Crippen LogP contribution in [0, 0.1) is 24.0 Å². The van der Waals surface area contributed by atoms with Crippen LogP contribution < -0.4 is 20.6 Å². The van der Waals surface area contributed by atoms with Crippen molar-refractivity contribution in [2.45, 2.75) is 90.4 Å².